The van der Waals surface area contributed by atoms with Crippen molar-refractivity contribution in [1.29, 1.82) is 0 Å². The van der Waals surface area contributed by atoms with Gasteiger partial charge in [0.05, 0.1) is 6.10 Å². The Labute approximate surface area is 93.4 Å². The number of carbonyl (C=O) groups excluding carboxylic acids is 1. The quantitative estimate of drug-likeness (QED) is 0.730. The van der Waals surface area contributed by atoms with E-state index in [2.05, 4.69) is 0 Å². The van der Waals surface area contributed by atoms with Gasteiger partial charge in [-0.15, -0.1) is 0 Å². The van der Waals surface area contributed by atoms with Gasteiger partial charge in [-0.25, -0.2) is 0 Å². The smallest absolute Gasteiger partial charge is 0.157 e. The van der Waals surface area contributed by atoms with Gasteiger partial charge in [-0.3, -0.25) is 4.79 Å². The molecule has 0 spiro atoms. The molecule has 1 atom stereocenters. The first kappa shape index (κ1) is 14.4. The fourth-order valence-corrected chi connectivity index (χ4v) is 0.908. The molecular weight excluding hydrogens is 188 g/mol. The van der Waals surface area contributed by atoms with Gasteiger partial charge in [-0.2, -0.15) is 0 Å². The molecule has 0 aliphatic carbocycles. The molecular formula is C13H24O2. The lowest BCUT2D eigenvalue weighted by Gasteiger charge is -2.24. The number of aliphatic hydroxyl groups is 1. The van der Waals surface area contributed by atoms with Crippen LogP contribution in [0.25, 0.3) is 0 Å². The summed E-state index contributed by atoms with van der Waals surface area (Å²) in [6.45, 7) is 11.9. The van der Waals surface area contributed by atoms with E-state index in [1.54, 1.807) is 6.08 Å². The topological polar surface area (TPSA) is 37.3 Å². The van der Waals surface area contributed by atoms with Crippen molar-refractivity contribution in [1.82, 2.24) is 0 Å². The molecule has 0 aromatic heterocycles. The molecule has 0 bridgehead atoms. The van der Waals surface area contributed by atoms with Crippen molar-refractivity contribution in [2.24, 2.45) is 10.8 Å². The van der Waals surface area contributed by atoms with Crippen LogP contribution < -0.4 is 0 Å². The van der Waals surface area contributed by atoms with Crippen LogP contribution in [0.5, 0.6) is 0 Å². The number of hydrogen-bond donors (Lipinski definition) is 1. The molecule has 2 nitrogen and oxygen atoms in total. The van der Waals surface area contributed by atoms with Crippen molar-refractivity contribution < 1.29 is 9.90 Å². The second kappa shape index (κ2) is 4.93. The molecule has 1 unspecified atom stereocenters. The molecule has 15 heavy (non-hydrogen) atoms. The molecule has 0 aromatic rings. The van der Waals surface area contributed by atoms with Gasteiger partial charge < -0.3 is 5.11 Å². The van der Waals surface area contributed by atoms with E-state index < -0.39 is 6.10 Å². The molecule has 1 N–H and O–H groups in total. The lowest BCUT2D eigenvalue weighted by atomic mass is 9.86. The first-order valence-corrected chi connectivity index (χ1v) is 5.42. The average Bonchev–Trinajstić information content (AvgIpc) is 1.97. The van der Waals surface area contributed by atoms with Crippen molar-refractivity contribution in [3.8, 4) is 0 Å². The summed E-state index contributed by atoms with van der Waals surface area (Å²) >= 11 is 0. The summed E-state index contributed by atoms with van der Waals surface area (Å²) in [4.78, 5) is 11.5. The van der Waals surface area contributed by atoms with Gasteiger partial charge in [0.25, 0.3) is 0 Å². The van der Waals surface area contributed by atoms with Crippen LogP contribution in [0, 0.1) is 10.8 Å². The minimum atomic E-state index is -0.574. The third-order valence-electron chi connectivity index (χ3n) is 2.16. The monoisotopic (exact) mass is 212 g/mol. The zero-order chi connectivity index (χ0) is 12.3. The summed E-state index contributed by atoms with van der Waals surface area (Å²) in [5.41, 5.74) is -0.215. The predicted molar refractivity (Wildman–Crippen MR) is 63.7 cm³/mol. The van der Waals surface area contributed by atoms with Gasteiger partial charge in [0.15, 0.2) is 5.78 Å². The van der Waals surface area contributed by atoms with E-state index in [4.69, 9.17) is 0 Å². The average molecular weight is 212 g/mol. The molecule has 88 valence electrons. The minimum absolute atomic E-state index is 0.00708. The van der Waals surface area contributed by atoms with E-state index in [1.165, 1.54) is 0 Å². The Morgan fingerprint density at radius 1 is 1.20 bits per heavy atom. The van der Waals surface area contributed by atoms with Crippen LogP contribution in [0.2, 0.25) is 0 Å². The second-order valence-electron chi connectivity index (χ2n) is 6.25. The normalized spacial score (nSPS) is 15.7. The standard InChI is InChI=1S/C13H24O2/c1-12(2,3)8-7-10(14)9-11(15)13(4,5)6/h7-8,11,15H,9H2,1-6H3/b8-7+. The van der Waals surface area contributed by atoms with Crippen LogP contribution in [0.15, 0.2) is 12.2 Å². The van der Waals surface area contributed by atoms with Crippen molar-refractivity contribution in [2.75, 3.05) is 0 Å². The molecule has 0 radical (unpaired) electrons. The first-order valence-electron chi connectivity index (χ1n) is 5.42. The molecule has 0 saturated carbocycles. The van der Waals surface area contributed by atoms with Crippen LogP contribution >= 0.6 is 0 Å². The van der Waals surface area contributed by atoms with Crippen LogP contribution in [0.4, 0.5) is 0 Å². The number of aliphatic hydroxyl groups excluding tert-OH is 1. The van der Waals surface area contributed by atoms with Gasteiger partial charge in [-0.05, 0) is 16.9 Å². The van der Waals surface area contributed by atoms with Crippen LogP contribution in [0.1, 0.15) is 48.0 Å². The number of carbonyl (C=O) groups is 1. The van der Waals surface area contributed by atoms with Gasteiger partial charge in [-0.1, -0.05) is 47.6 Å². The molecule has 0 aromatic carbocycles. The van der Waals surface area contributed by atoms with Crippen LogP contribution in [0.3, 0.4) is 0 Å². The minimum Gasteiger partial charge on any atom is -0.392 e. The molecule has 0 heterocycles. The molecule has 0 amide bonds. The zero-order valence-corrected chi connectivity index (χ0v) is 10.8. The number of ketones is 1. The summed E-state index contributed by atoms with van der Waals surface area (Å²) in [7, 11) is 0. The largest absolute Gasteiger partial charge is 0.392 e. The first-order chi connectivity index (χ1) is 6.52. The SMILES string of the molecule is CC(C)(C)/C=C/C(=O)CC(O)C(C)(C)C. The Bertz CT molecular complexity index is 238. The highest BCUT2D eigenvalue weighted by Gasteiger charge is 2.23. The highest BCUT2D eigenvalue weighted by molar-refractivity contribution is 5.90. The van der Waals surface area contributed by atoms with Gasteiger partial charge in [0.1, 0.15) is 0 Å². The number of allylic oxidation sites excluding steroid dienone is 2. The second-order valence-corrected chi connectivity index (χ2v) is 6.25. The Balaban J connectivity index is 4.23. The Morgan fingerprint density at radius 3 is 2.00 bits per heavy atom. The van der Waals surface area contributed by atoms with Gasteiger partial charge in [0.2, 0.25) is 0 Å². The Morgan fingerprint density at radius 2 is 1.67 bits per heavy atom. The molecule has 0 rings (SSSR count). The zero-order valence-electron chi connectivity index (χ0n) is 10.8. The van der Waals surface area contributed by atoms with E-state index >= 15 is 0 Å². The predicted octanol–water partition coefficient (Wildman–Crippen LogP) is 2.95. The van der Waals surface area contributed by atoms with E-state index in [9.17, 15) is 9.90 Å². The Hall–Kier alpha value is -0.630. The fraction of sp³-hybridized carbons (Fsp3) is 0.769. The summed E-state index contributed by atoms with van der Waals surface area (Å²) in [5, 5.41) is 9.73. The fourth-order valence-electron chi connectivity index (χ4n) is 0.908. The lowest BCUT2D eigenvalue weighted by molar-refractivity contribution is -0.118. The highest BCUT2D eigenvalue weighted by Crippen LogP contribution is 2.22. The molecule has 0 aliphatic heterocycles. The summed E-state index contributed by atoms with van der Waals surface area (Å²) in [6, 6.07) is 0. The summed E-state index contributed by atoms with van der Waals surface area (Å²) in [6.07, 6.45) is 3.09. The van der Waals surface area contributed by atoms with Crippen molar-refractivity contribution >= 4 is 5.78 Å². The third-order valence-corrected chi connectivity index (χ3v) is 2.16. The molecule has 0 fully saturated rings. The summed E-state index contributed by atoms with van der Waals surface area (Å²) in [5.74, 6) is -0.00708. The number of rotatable bonds is 3. The van der Waals surface area contributed by atoms with Crippen LogP contribution in [-0.2, 0) is 4.79 Å². The van der Waals surface area contributed by atoms with Crippen molar-refractivity contribution in [3.63, 3.8) is 0 Å². The van der Waals surface area contributed by atoms with Crippen molar-refractivity contribution in [2.45, 2.75) is 54.1 Å². The highest BCUT2D eigenvalue weighted by atomic mass is 16.3. The van der Waals surface area contributed by atoms with Crippen molar-refractivity contribution in [3.05, 3.63) is 12.2 Å². The summed E-state index contributed by atoms with van der Waals surface area (Å²) < 4.78 is 0. The Kier molecular flexibility index (Phi) is 4.72. The lowest BCUT2D eigenvalue weighted by Crippen LogP contribution is -2.28. The van der Waals surface area contributed by atoms with E-state index in [1.807, 2.05) is 47.6 Å². The van der Waals surface area contributed by atoms with E-state index in [0.717, 1.165) is 0 Å². The number of hydrogen-bond acceptors (Lipinski definition) is 2. The molecule has 0 aliphatic rings. The van der Waals surface area contributed by atoms with E-state index in [-0.39, 0.29) is 23.0 Å². The molecule has 0 saturated heterocycles. The van der Waals surface area contributed by atoms with Gasteiger partial charge >= 0.3 is 0 Å². The maximum absolute atomic E-state index is 11.5. The van der Waals surface area contributed by atoms with Gasteiger partial charge in [0, 0.05) is 6.42 Å². The maximum atomic E-state index is 11.5. The van der Waals surface area contributed by atoms with Crippen LogP contribution in [-0.4, -0.2) is 17.0 Å². The maximum Gasteiger partial charge on any atom is 0.157 e. The molecule has 2 heteroatoms. The third kappa shape index (κ3) is 7.32. The van der Waals surface area contributed by atoms with E-state index in [0.29, 0.717) is 0 Å².